The third-order valence-corrected chi connectivity index (χ3v) is 6.51. The fourth-order valence-electron chi connectivity index (χ4n) is 3.68. The first-order chi connectivity index (χ1) is 15.9. The minimum Gasteiger partial charge on any atom is -0.423 e. The molecule has 0 aliphatic heterocycles. The number of thiophene rings is 1. The number of hydrogen-bond acceptors (Lipinski definition) is 4. The molecule has 0 N–H and O–H groups in total. The van der Waals surface area contributed by atoms with E-state index in [0.29, 0.717) is 17.9 Å². The highest BCUT2D eigenvalue weighted by atomic mass is 32.1. The normalized spacial score (nSPS) is 11.1. The number of rotatable bonds is 9. The summed E-state index contributed by atoms with van der Waals surface area (Å²) in [4.78, 5) is 11.8. The molecule has 0 radical (unpaired) electrons. The van der Waals surface area contributed by atoms with Crippen LogP contribution in [0.5, 0.6) is 5.75 Å². The standard InChI is InChI=1S/C29H28O3S/c1-19(2)18-31-15-5-6-21-7-9-22(10-8-21)23-11-13-25-26-14-12-24(32-29(30)20(3)4)17-28(26)33-27(25)16-23/h7-14,16-17H,1,3,5-6,15,18H2,2,4H3. The van der Waals surface area contributed by atoms with Gasteiger partial charge in [-0.1, -0.05) is 55.1 Å². The summed E-state index contributed by atoms with van der Waals surface area (Å²) in [6, 6.07) is 21.1. The minimum atomic E-state index is -0.402. The molecule has 0 fully saturated rings. The molecule has 3 nitrogen and oxygen atoms in total. The van der Waals surface area contributed by atoms with Crippen LogP contribution in [0, 0.1) is 0 Å². The van der Waals surface area contributed by atoms with Crippen LogP contribution in [0.15, 0.2) is 85.0 Å². The second-order valence-electron chi connectivity index (χ2n) is 8.45. The van der Waals surface area contributed by atoms with Crippen molar-refractivity contribution in [2.75, 3.05) is 13.2 Å². The second kappa shape index (κ2) is 10.2. The zero-order valence-corrected chi connectivity index (χ0v) is 20.0. The van der Waals surface area contributed by atoms with Gasteiger partial charge in [-0.05, 0) is 67.6 Å². The van der Waals surface area contributed by atoms with Gasteiger partial charge in [-0.2, -0.15) is 0 Å². The van der Waals surface area contributed by atoms with Crippen molar-refractivity contribution < 1.29 is 14.3 Å². The van der Waals surface area contributed by atoms with Gasteiger partial charge in [0.2, 0.25) is 0 Å². The number of carbonyl (C=O) groups is 1. The number of fused-ring (bicyclic) bond motifs is 3. The average molecular weight is 457 g/mol. The van der Waals surface area contributed by atoms with Crippen molar-refractivity contribution in [3.8, 4) is 16.9 Å². The maximum atomic E-state index is 11.8. The Kier molecular flexibility index (Phi) is 7.07. The lowest BCUT2D eigenvalue weighted by Gasteiger charge is -2.06. The summed E-state index contributed by atoms with van der Waals surface area (Å²) in [5.74, 6) is 0.142. The van der Waals surface area contributed by atoms with Gasteiger partial charge in [0.05, 0.1) is 6.61 Å². The Hall–Kier alpha value is -3.21. The lowest BCUT2D eigenvalue weighted by Crippen LogP contribution is -2.07. The maximum absolute atomic E-state index is 11.8. The van der Waals surface area contributed by atoms with E-state index in [9.17, 15) is 4.79 Å². The predicted molar refractivity (Wildman–Crippen MR) is 139 cm³/mol. The zero-order valence-electron chi connectivity index (χ0n) is 19.1. The Bertz CT molecular complexity index is 1330. The molecule has 4 aromatic rings. The van der Waals surface area contributed by atoms with E-state index >= 15 is 0 Å². The Labute approximate surface area is 199 Å². The lowest BCUT2D eigenvalue weighted by atomic mass is 10.0. The fraction of sp³-hybridized carbons (Fsp3) is 0.207. The molecule has 0 amide bonds. The molecule has 0 bridgehead atoms. The van der Waals surface area contributed by atoms with Crippen molar-refractivity contribution in [3.05, 3.63) is 90.5 Å². The molecule has 4 rings (SSSR count). The van der Waals surface area contributed by atoms with E-state index in [0.717, 1.165) is 29.7 Å². The molecule has 168 valence electrons. The van der Waals surface area contributed by atoms with Crippen molar-refractivity contribution in [2.24, 2.45) is 0 Å². The van der Waals surface area contributed by atoms with Gasteiger partial charge in [0.15, 0.2) is 0 Å². The Balaban J connectivity index is 1.49. The molecular weight excluding hydrogens is 428 g/mol. The van der Waals surface area contributed by atoms with E-state index in [-0.39, 0.29) is 0 Å². The molecule has 3 aromatic carbocycles. The van der Waals surface area contributed by atoms with Crippen molar-refractivity contribution in [1.29, 1.82) is 0 Å². The summed E-state index contributed by atoms with van der Waals surface area (Å²) < 4.78 is 13.3. The molecule has 0 aliphatic rings. The number of carbonyl (C=O) groups excluding carboxylic acids is 1. The Morgan fingerprint density at radius 1 is 0.879 bits per heavy atom. The third kappa shape index (κ3) is 5.59. The van der Waals surface area contributed by atoms with Crippen LogP contribution in [-0.2, 0) is 16.0 Å². The quantitative estimate of drug-likeness (QED) is 0.0850. The van der Waals surface area contributed by atoms with E-state index in [4.69, 9.17) is 9.47 Å². The van der Waals surface area contributed by atoms with Gasteiger partial charge in [-0.25, -0.2) is 4.79 Å². The van der Waals surface area contributed by atoms with E-state index in [1.807, 2.05) is 25.1 Å². The molecule has 0 saturated carbocycles. The smallest absolute Gasteiger partial charge is 0.338 e. The molecule has 0 spiro atoms. The topological polar surface area (TPSA) is 35.5 Å². The minimum absolute atomic E-state index is 0.387. The van der Waals surface area contributed by atoms with Crippen LogP contribution < -0.4 is 4.74 Å². The number of esters is 1. The van der Waals surface area contributed by atoms with E-state index in [1.165, 1.54) is 32.2 Å². The monoisotopic (exact) mass is 456 g/mol. The summed E-state index contributed by atoms with van der Waals surface area (Å²) in [5, 5.41) is 2.38. The van der Waals surface area contributed by atoms with Crippen LogP contribution >= 0.6 is 11.3 Å². The Morgan fingerprint density at radius 2 is 1.55 bits per heavy atom. The van der Waals surface area contributed by atoms with Crippen molar-refractivity contribution in [1.82, 2.24) is 0 Å². The SMILES string of the molecule is C=C(C)COCCCc1ccc(-c2ccc3c(c2)sc2cc(OC(=O)C(=C)C)ccc23)cc1. The van der Waals surface area contributed by atoms with Crippen molar-refractivity contribution >= 4 is 37.5 Å². The highest BCUT2D eigenvalue weighted by molar-refractivity contribution is 7.25. The maximum Gasteiger partial charge on any atom is 0.338 e. The number of aryl methyl sites for hydroxylation is 1. The molecule has 4 heteroatoms. The molecule has 1 aromatic heterocycles. The van der Waals surface area contributed by atoms with E-state index in [1.54, 1.807) is 18.3 Å². The van der Waals surface area contributed by atoms with Crippen LogP contribution in [0.2, 0.25) is 0 Å². The first-order valence-electron chi connectivity index (χ1n) is 11.1. The van der Waals surface area contributed by atoms with Gasteiger partial charge >= 0.3 is 5.97 Å². The Morgan fingerprint density at radius 3 is 2.24 bits per heavy atom. The van der Waals surface area contributed by atoms with E-state index < -0.39 is 5.97 Å². The van der Waals surface area contributed by atoms with Crippen LogP contribution in [0.25, 0.3) is 31.3 Å². The van der Waals surface area contributed by atoms with E-state index in [2.05, 4.69) is 55.6 Å². The lowest BCUT2D eigenvalue weighted by molar-refractivity contribution is -0.130. The third-order valence-electron chi connectivity index (χ3n) is 5.39. The molecule has 0 atom stereocenters. The molecule has 0 unspecified atom stereocenters. The van der Waals surface area contributed by atoms with Crippen LogP contribution in [0.3, 0.4) is 0 Å². The number of ether oxygens (including phenoxy) is 2. The van der Waals surface area contributed by atoms with Gasteiger partial charge in [0, 0.05) is 32.4 Å². The second-order valence-corrected chi connectivity index (χ2v) is 9.53. The highest BCUT2D eigenvalue weighted by Crippen LogP contribution is 2.38. The summed E-state index contributed by atoms with van der Waals surface area (Å²) in [6.07, 6.45) is 2.01. The molecule has 1 heterocycles. The predicted octanol–water partition coefficient (Wildman–Crippen LogP) is 7.73. The number of hydrogen-bond donors (Lipinski definition) is 0. The van der Waals surface area contributed by atoms with Crippen LogP contribution in [0.1, 0.15) is 25.8 Å². The molecule has 0 saturated heterocycles. The fourth-order valence-corrected chi connectivity index (χ4v) is 4.86. The highest BCUT2D eigenvalue weighted by Gasteiger charge is 2.10. The van der Waals surface area contributed by atoms with Gasteiger partial charge < -0.3 is 9.47 Å². The zero-order chi connectivity index (χ0) is 23.4. The first-order valence-corrected chi connectivity index (χ1v) is 11.9. The van der Waals surface area contributed by atoms with Gasteiger partial charge in [0.25, 0.3) is 0 Å². The van der Waals surface area contributed by atoms with Crippen LogP contribution in [0.4, 0.5) is 0 Å². The van der Waals surface area contributed by atoms with Crippen molar-refractivity contribution in [2.45, 2.75) is 26.7 Å². The van der Waals surface area contributed by atoms with Crippen LogP contribution in [-0.4, -0.2) is 19.2 Å². The number of benzene rings is 3. The first kappa shape index (κ1) is 23.0. The average Bonchev–Trinajstić information content (AvgIpc) is 3.16. The largest absolute Gasteiger partial charge is 0.423 e. The summed E-state index contributed by atoms with van der Waals surface area (Å²) in [5.41, 5.74) is 5.16. The van der Waals surface area contributed by atoms with Gasteiger partial charge in [0.1, 0.15) is 5.75 Å². The summed E-state index contributed by atoms with van der Waals surface area (Å²) in [6.45, 7) is 12.5. The van der Waals surface area contributed by atoms with Crippen molar-refractivity contribution in [3.63, 3.8) is 0 Å². The molecule has 0 aliphatic carbocycles. The molecular formula is C29H28O3S. The van der Waals surface area contributed by atoms with Gasteiger partial charge in [-0.15, -0.1) is 11.3 Å². The molecule has 33 heavy (non-hydrogen) atoms. The summed E-state index contributed by atoms with van der Waals surface area (Å²) >= 11 is 1.71. The van der Waals surface area contributed by atoms with Gasteiger partial charge in [-0.3, -0.25) is 0 Å². The summed E-state index contributed by atoms with van der Waals surface area (Å²) in [7, 11) is 0.